The fraction of sp³-hybridized carbons (Fsp3) is 0.448. The molecule has 192 valence electrons. The predicted molar refractivity (Wildman–Crippen MR) is 142 cm³/mol. The Hall–Kier alpha value is -3.32. The van der Waals surface area contributed by atoms with E-state index in [1.165, 1.54) is 0 Å². The van der Waals surface area contributed by atoms with Crippen molar-refractivity contribution in [2.45, 2.75) is 71.6 Å². The van der Waals surface area contributed by atoms with Crippen LogP contribution in [0.1, 0.15) is 58.4 Å². The lowest BCUT2D eigenvalue weighted by atomic mass is 10.0. The summed E-state index contributed by atoms with van der Waals surface area (Å²) in [4.78, 5) is 25.2. The molecule has 1 aliphatic carbocycles. The minimum absolute atomic E-state index is 0.0631. The summed E-state index contributed by atoms with van der Waals surface area (Å²) in [6.07, 6.45) is 4.98. The first-order valence-electron chi connectivity index (χ1n) is 12.9. The average Bonchev–Trinajstić information content (AvgIpc) is 3.36. The molecule has 2 aromatic carbocycles. The predicted octanol–water partition coefficient (Wildman–Crippen LogP) is 6.01. The molecule has 2 N–H and O–H groups in total. The van der Waals surface area contributed by atoms with Crippen LogP contribution in [0, 0.1) is 5.92 Å². The number of fused-ring (bicyclic) bond motifs is 1. The van der Waals surface area contributed by atoms with Crippen LogP contribution < -0.4 is 21.0 Å². The van der Waals surface area contributed by atoms with E-state index in [4.69, 9.17) is 13.9 Å². The van der Waals surface area contributed by atoms with Crippen molar-refractivity contribution in [3.05, 3.63) is 64.5 Å². The standard InChI is InChI=1S/C29H36N2O5/c1-4-30-22-12-11-21-16-27(29(33)36-26(21)17-22)34-24-13-9-20(10-14-24)18-31-25(15-19(2)3)28(32)35-23-7-5-6-8-23/h9-14,16-17,19,23,25,30-31H,4-8,15,18H2,1-3H3. The van der Waals surface area contributed by atoms with Crippen LogP contribution in [0.3, 0.4) is 0 Å². The number of rotatable bonds is 11. The summed E-state index contributed by atoms with van der Waals surface area (Å²) in [7, 11) is 0. The molecule has 0 bridgehead atoms. The molecule has 1 aliphatic rings. The molecule has 0 saturated heterocycles. The lowest BCUT2D eigenvalue weighted by Gasteiger charge is -2.22. The molecule has 0 spiro atoms. The van der Waals surface area contributed by atoms with Crippen LogP contribution >= 0.6 is 0 Å². The van der Waals surface area contributed by atoms with Gasteiger partial charge in [0.25, 0.3) is 0 Å². The van der Waals surface area contributed by atoms with Gasteiger partial charge in [0.2, 0.25) is 5.75 Å². The zero-order valence-corrected chi connectivity index (χ0v) is 21.3. The van der Waals surface area contributed by atoms with Gasteiger partial charge in [-0.2, -0.15) is 0 Å². The lowest BCUT2D eigenvalue weighted by Crippen LogP contribution is -2.40. The Morgan fingerprint density at radius 3 is 2.53 bits per heavy atom. The normalized spacial score (nSPS) is 14.8. The molecule has 0 radical (unpaired) electrons. The first kappa shape index (κ1) is 25.8. The number of carbonyl (C=O) groups is 1. The Labute approximate surface area is 212 Å². The van der Waals surface area contributed by atoms with Crippen molar-refractivity contribution < 1.29 is 18.7 Å². The molecule has 4 rings (SSSR count). The monoisotopic (exact) mass is 492 g/mol. The molecule has 7 heteroatoms. The van der Waals surface area contributed by atoms with Gasteiger partial charge in [0.1, 0.15) is 23.5 Å². The molecule has 36 heavy (non-hydrogen) atoms. The van der Waals surface area contributed by atoms with E-state index in [0.717, 1.165) is 55.3 Å². The summed E-state index contributed by atoms with van der Waals surface area (Å²) in [6, 6.07) is 14.5. The minimum atomic E-state index is -0.529. The molecule has 1 heterocycles. The van der Waals surface area contributed by atoms with Crippen LogP contribution in [0.4, 0.5) is 5.69 Å². The number of esters is 1. The van der Waals surface area contributed by atoms with Crippen LogP contribution in [-0.2, 0) is 16.1 Å². The number of benzene rings is 2. The van der Waals surface area contributed by atoms with Gasteiger partial charge in [0.15, 0.2) is 0 Å². The SMILES string of the molecule is CCNc1ccc2cc(Oc3ccc(CNC(CC(C)C)C(=O)OC4CCCC4)cc3)c(=O)oc2c1. The molecule has 0 aliphatic heterocycles. The molecular weight excluding hydrogens is 456 g/mol. The zero-order valence-electron chi connectivity index (χ0n) is 21.3. The van der Waals surface area contributed by atoms with Crippen LogP contribution in [0.2, 0.25) is 0 Å². The first-order chi connectivity index (χ1) is 17.4. The lowest BCUT2D eigenvalue weighted by molar-refractivity contribution is -0.151. The molecule has 0 amide bonds. The van der Waals surface area contributed by atoms with Crippen LogP contribution in [-0.4, -0.2) is 24.7 Å². The van der Waals surface area contributed by atoms with Crippen LogP contribution in [0.25, 0.3) is 11.0 Å². The van der Waals surface area contributed by atoms with Crippen LogP contribution in [0.15, 0.2) is 57.7 Å². The van der Waals surface area contributed by atoms with E-state index in [-0.39, 0.29) is 23.9 Å². The van der Waals surface area contributed by atoms with Crippen molar-refractivity contribution in [3.8, 4) is 11.5 Å². The van der Waals surface area contributed by atoms with E-state index in [2.05, 4.69) is 24.5 Å². The van der Waals surface area contributed by atoms with Gasteiger partial charge in [0.05, 0.1) is 0 Å². The van der Waals surface area contributed by atoms with Gasteiger partial charge in [-0.15, -0.1) is 0 Å². The molecule has 1 aromatic heterocycles. The third kappa shape index (κ3) is 6.88. The van der Waals surface area contributed by atoms with E-state index in [1.54, 1.807) is 6.07 Å². The quantitative estimate of drug-likeness (QED) is 0.250. The van der Waals surface area contributed by atoms with Crippen molar-refractivity contribution in [1.82, 2.24) is 5.32 Å². The van der Waals surface area contributed by atoms with E-state index in [9.17, 15) is 9.59 Å². The molecule has 1 atom stereocenters. The Morgan fingerprint density at radius 2 is 1.83 bits per heavy atom. The van der Waals surface area contributed by atoms with Gasteiger partial charge in [-0.3, -0.25) is 4.79 Å². The maximum absolute atomic E-state index is 12.7. The van der Waals surface area contributed by atoms with E-state index >= 15 is 0 Å². The van der Waals surface area contributed by atoms with Gasteiger partial charge in [-0.05, 0) is 80.8 Å². The number of ether oxygens (including phenoxy) is 2. The second-order valence-electron chi connectivity index (χ2n) is 9.83. The molecule has 1 fully saturated rings. The smallest absolute Gasteiger partial charge is 0.379 e. The van der Waals surface area contributed by atoms with E-state index in [0.29, 0.717) is 23.8 Å². The minimum Gasteiger partial charge on any atom is -0.461 e. The van der Waals surface area contributed by atoms with Gasteiger partial charge < -0.3 is 24.5 Å². The summed E-state index contributed by atoms with van der Waals surface area (Å²) in [5.74, 6) is 0.888. The Kier molecular flexibility index (Phi) is 8.65. The van der Waals surface area contributed by atoms with Crippen molar-refractivity contribution in [2.75, 3.05) is 11.9 Å². The third-order valence-corrected chi connectivity index (χ3v) is 6.37. The first-order valence-corrected chi connectivity index (χ1v) is 12.9. The maximum Gasteiger partial charge on any atom is 0.379 e. The Morgan fingerprint density at radius 1 is 1.08 bits per heavy atom. The Balaban J connectivity index is 1.38. The van der Waals surface area contributed by atoms with Crippen molar-refractivity contribution in [3.63, 3.8) is 0 Å². The fourth-order valence-electron chi connectivity index (χ4n) is 4.51. The highest BCUT2D eigenvalue weighted by atomic mass is 16.5. The molecule has 1 unspecified atom stereocenters. The van der Waals surface area contributed by atoms with Gasteiger partial charge in [-0.25, -0.2) is 4.79 Å². The fourth-order valence-corrected chi connectivity index (χ4v) is 4.51. The average molecular weight is 493 g/mol. The third-order valence-electron chi connectivity index (χ3n) is 6.37. The summed E-state index contributed by atoms with van der Waals surface area (Å²) >= 11 is 0. The maximum atomic E-state index is 12.7. The number of hydrogen-bond donors (Lipinski definition) is 2. The molecule has 3 aromatic rings. The summed E-state index contributed by atoms with van der Waals surface area (Å²) < 4.78 is 17.0. The molecule has 1 saturated carbocycles. The van der Waals surface area contributed by atoms with Crippen molar-refractivity contribution in [1.29, 1.82) is 0 Å². The van der Waals surface area contributed by atoms with Gasteiger partial charge in [0, 0.05) is 30.2 Å². The molecular formula is C29H36N2O5. The summed E-state index contributed by atoms with van der Waals surface area (Å²) in [6.45, 7) is 7.53. The molecule has 7 nitrogen and oxygen atoms in total. The highest BCUT2D eigenvalue weighted by Crippen LogP contribution is 2.25. The second-order valence-corrected chi connectivity index (χ2v) is 9.83. The van der Waals surface area contributed by atoms with E-state index in [1.807, 2.05) is 49.4 Å². The van der Waals surface area contributed by atoms with E-state index < -0.39 is 5.63 Å². The summed E-state index contributed by atoms with van der Waals surface area (Å²) in [5, 5.41) is 7.36. The highest BCUT2D eigenvalue weighted by Gasteiger charge is 2.26. The second kappa shape index (κ2) is 12.1. The number of nitrogens with one attached hydrogen (secondary N) is 2. The number of carbonyl (C=O) groups excluding carboxylic acids is 1. The highest BCUT2D eigenvalue weighted by molar-refractivity contribution is 5.81. The largest absolute Gasteiger partial charge is 0.461 e. The van der Waals surface area contributed by atoms with Crippen molar-refractivity contribution >= 4 is 22.6 Å². The van der Waals surface area contributed by atoms with Crippen molar-refractivity contribution in [2.24, 2.45) is 5.92 Å². The van der Waals surface area contributed by atoms with Gasteiger partial charge >= 0.3 is 11.6 Å². The van der Waals surface area contributed by atoms with Crippen LogP contribution in [0.5, 0.6) is 11.5 Å². The number of anilines is 1. The zero-order chi connectivity index (χ0) is 25.5. The van der Waals surface area contributed by atoms with Gasteiger partial charge in [-0.1, -0.05) is 26.0 Å². The summed E-state index contributed by atoms with van der Waals surface area (Å²) in [5.41, 5.74) is 1.88. The topological polar surface area (TPSA) is 89.8 Å². The Bertz CT molecular complexity index is 1210. The number of hydrogen-bond acceptors (Lipinski definition) is 7.